The van der Waals surface area contributed by atoms with Crippen LogP contribution in [0.1, 0.15) is 16.6 Å². The molecule has 2 aromatic heterocycles. The second-order valence-electron chi connectivity index (χ2n) is 3.08. The Hall–Kier alpha value is -0.300. The molecular weight excluding hydrogens is 294 g/mol. The summed E-state index contributed by atoms with van der Waals surface area (Å²) in [5.41, 5.74) is 1.02. The van der Waals surface area contributed by atoms with Crippen LogP contribution in [-0.4, -0.2) is 16.6 Å². The number of rotatable bonds is 4. The summed E-state index contributed by atoms with van der Waals surface area (Å²) in [6, 6.07) is 4.47. The lowest BCUT2D eigenvalue weighted by Gasteiger charge is -2.11. The highest BCUT2D eigenvalue weighted by Crippen LogP contribution is 2.26. The zero-order valence-corrected chi connectivity index (χ0v) is 11.3. The van der Waals surface area contributed by atoms with Gasteiger partial charge in [-0.25, -0.2) is 0 Å². The smallest absolute Gasteiger partial charge is 0.0928 e. The van der Waals surface area contributed by atoms with Gasteiger partial charge in [-0.05, 0) is 46.6 Å². The molecule has 0 aliphatic rings. The van der Waals surface area contributed by atoms with Gasteiger partial charge in [0.25, 0.3) is 0 Å². The van der Waals surface area contributed by atoms with Crippen LogP contribution in [0.2, 0.25) is 0 Å². The van der Waals surface area contributed by atoms with Crippen LogP contribution in [0.25, 0.3) is 0 Å². The molecule has 2 aromatic rings. The average Bonchev–Trinajstić information content (AvgIpc) is 2.85. The Morgan fingerprint density at radius 3 is 2.93 bits per heavy atom. The van der Waals surface area contributed by atoms with Crippen LogP contribution in [0.15, 0.2) is 21.3 Å². The van der Waals surface area contributed by atoms with E-state index in [-0.39, 0.29) is 6.04 Å². The Morgan fingerprint density at radius 2 is 2.40 bits per heavy atom. The predicted octanol–water partition coefficient (Wildman–Crippen LogP) is 2.87. The number of likely N-dealkylation sites (N-methyl/N-ethyl adjacent to an activating group) is 1. The van der Waals surface area contributed by atoms with Crippen molar-refractivity contribution in [1.82, 2.24) is 14.9 Å². The first-order valence-corrected chi connectivity index (χ1v) is 6.92. The molecule has 2 rings (SSSR count). The van der Waals surface area contributed by atoms with E-state index in [1.165, 1.54) is 20.2 Å². The van der Waals surface area contributed by atoms with Gasteiger partial charge in [-0.3, -0.25) is 0 Å². The molecule has 0 saturated heterocycles. The molecule has 1 unspecified atom stereocenters. The number of thiophene rings is 1. The maximum absolute atomic E-state index is 4.09. The maximum Gasteiger partial charge on any atom is 0.0928 e. The Bertz CT molecular complexity index is 413. The first-order valence-electron chi connectivity index (χ1n) is 4.48. The maximum atomic E-state index is 4.09. The standard InChI is InChI=1S/C9H10BrN3S2/c1-11-7(8-5-14-13-12-8)4-6-2-3-9(10)15-6/h2-3,5,7,11H,4H2,1H3. The van der Waals surface area contributed by atoms with Crippen molar-refractivity contribution >= 4 is 38.8 Å². The zero-order chi connectivity index (χ0) is 10.7. The highest BCUT2D eigenvalue weighted by atomic mass is 79.9. The number of nitrogens with zero attached hydrogens (tertiary/aromatic N) is 2. The van der Waals surface area contributed by atoms with E-state index in [9.17, 15) is 0 Å². The third kappa shape index (κ3) is 2.84. The topological polar surface area (TPSA) is 37.8 Å². The van der Waals surface area contributed by atoms with E-state index >= 15 is 0 Å². The van der Waals surface area contributed by atoms with Crippen molar-refractivity contribution in [1.29, 1.82) is 0 Å². The van der Waals surface area contributed by atoms with Crippen molar-refractivity contribution < 1.29 is 0 Å². The number of aromatic nitrogens is 2. The molecule has 0 fully saturated rings. The summed E-state index contributed by atoms with van der Waals surface area (Å²) in [5, 5.41) is 9.34. The molecule has 15 heavy (non-hydrogen) atoms. The fourth-order valence-corrected chi connectivity index (χ4v) is 3.38. The monoisotopic (exact) mass is 303 g/mol. The average molecular weight is 304 g/mol. The van der Waals surface area contributed by atoms with Gasteiger partial charge in [0.05, 0.1) is 15.5 Å². The second kappa shape index (κ2) is 5.16. The Morgan fingerprint density at radius 1 is 1.53 bits per heavy atom. The van der Waals surface area contributed by atoms with Crippen molar-refractivity contribution in [3.8, 4) is 0 Å². The zero-order valence-electron chi connectivity index (χ0n) is 8.11. The summed E-state index contributed by atoms with van der Waals surface area (Å²) in [4.78, 5) is 1.34. The van der Waals surface area contributed by atoms with E-state index in [1.54, 1.807) is 11.3 Å². The Kier molecular flexibility index (Phi) is 3.85. The normalized spacial score (nSPS) is 12.9. The lowest BCUT2D eigenvalue weighted by Crippen LogP contribution is -2.18. The van der Waals surface area contributed by atoms with E-state index in [0.717, 1.165) is 12.1 Å². The van der Waals surface area contributed by atoms with Crippen molar-refractivity contribution in [2.75, 3.05) is 7.05 Å². The van der Waals surface area contributed by atoms with Gasteiger partial charge in [-0.2, -0.15) is 0 Å². The van der Waals surface area contributed by atoms with Crippen LogP contribution < -0.4 is 5.32 Å². The summed E-state index contributed by atoms with van der Waals surface area (Å²) in [7, 11) is 1.95. The Labute approximate surface area is 105 Å². The molecule has 0 aliphatic heterocycles. The molecule has 0 aromatic carbocycles. The van der Waals surface area contributed by atoms with Crippen molar-refractivity contribution in [2.24, 2.45) is 0 Å². The Balaban J connectivity index is 2.09. The van der Waals surface area contributed by atoms with Crippen LogP contribution >= 0.6 is 38.8 Å². The van der Waals surface area contributed by atoms with E-state index < -0.39 is 0 Å². The molecule has 0 spiro atoms. The van der Waals surface area contributed by atoms with Gasteiger partial charge in [-0.15, -0.1) is 16.4 Å². The molecule has 0 aliphatic carbocycles. The number of nitrogens with one attached hydrogen (secondary N) is 1. The molecule has 80 valence electrons. The van der Waals surface area contributed by atoms with Crippen molar-refractivity contribution in [3.05, 3.63) is 31.9 Å². The van der Waals surface area contributed by atoms with Crippen molar-refractivity contribution in [2.45, 2.75) is 12.5 Å². The highest BCUT2D eigenvalue weighted by molar-refractivity contribution is 9.11. The fourth-order valence-electron chi connectivity index (χ4n) is 1.34. The van der Waals surface area contributed by atoms with Gasteiger partial charge in [0.15, 0.2) is 0 Å². The SMILES string of the molecule is CNC(Cc1ccc(Br)s1)c1csnn1. The van der Waals surface area contributed by atoms with Gasteiger partial charge in [-0.1, -0.05) is 4.49 Å². The quantitative estimate of drug-likeness (QED) is 0.944. The minimum atomic E-state index is 0.259. The van der Waals surface area contributed by atoms with Crippen LogP contribution in [0, 0.1) is 0 Å². The molecule has 0 amide bonds. The van der Waals surface area contributed by atoms with Crippen LogP contribution in [0.4, 0.5) is 0 Å². The lowest BCUT2D eigenvalue weighted by atomic mass is 10.1. The molecular formula is C9H10BrN3S2. The molecule has 1 N–H and O–H groups in total. The number of hydrogen-bond acceptors (Lipinski definition) is 5. The number of hydrogen-bond donors (Lipinski definition) is 1. The van der Waals surface area contributed by atoms with Crippen molar-refractivity contribution in [3.63, 3.8) is 0 Å². The summed E-state index contributed by atoms with van der Waals surface area (Å²) < 4.78 is 5.05. The molecule has 0 saturated carbocycles. The lowest BCUT2D eigenvalue weighted by molar-refractivity contribution is 0.578. The van der Waals surface area contributed by atoms with Gasteiger partial charge in [0, 0.05) is 16.7 Å². The first-order chi connectivity index (χ1) is 7.29. The van der Waals surface area contributed by atoms with Gasteiger partial charge in [0.1, 0.15) is 0 Å². The third-order valence-electron chi connectivity index (χ3n) is 2.12. The fraction of sp³-hybridized carbons (Fsp3) is 0.333. The summed E-state index contributed by atoms with van der Waals surface area (Å²) in [5.74, 6) is 0. The molecule has 3 nitrogen and oxygen atoms in total. The summed E-state index contributed by atoms with van der Waals surface area (Å²) in [6.07, 6.45) is 0.957. The van der Waals surface area contributed by atoms with Gasteiger partial charge >= 0.3 is 0 Å². The van der Waals surface area contributed by atoms with E-state index in [4.69, 9.17) is 0 Å². The van der Waals surface area contributed by atoms with Crippen LogP contribution in [-0.2, 0) is 6.42 Å². The molecule has 0 radical (unpaired) electrons. The van der Waals surface area contributed by atoms with Crippen LogP contribution in [0.3, 0.4) is 0 Å². The highest BCUT2D eigenvalue weighted by Gasteiger charge is 2.13. The van der Waals surface area contributed by atoms with E-state index in [0.29, 0.717) is 0 Å². The number of halogens is 1. The van der Waals surface area contributed by atoms with Gasteiger partial charge < -0.3 is 5.32 Å². The summed E-state index contributed by atoms with van der Waals surface area (Å²) in [6.45, 7) is 0. The minimum absolute atomic E-state index is 0.259. The van der Waals surface area contributed by atoms with E-state index in [2.05, 4.69) is 43.0 Å². The molecule has 2 heterocycles. The second-order valence-corrected chi connectivity index (χ2v) is 6.24. The summed E-state index contributed by atoms with van der Waals surface area (Å²) >= 11 is 6.62. The molecule has 0 bridgehead atoms. The largest absolute Gasteiger partial charge is 0.311 e. The van der Waals surface area contributed by atoms with Gasteiger partial charge in [0.2, 0.25) is 0 Å². The predicted molar refractivity (Wildman–Crippen MR) is 67.4 cm³/mol. The third-order valence-corrected chi connectivity index (χ3v) is 4.29. The van der Waals surface area contributed by atoms with E-state index in [1.807, 2.05) is 12.4 Å². The molecule has 1 atom stereocenters. The molecule has 6 heteroatoms. The first kappa shape index (κ1) is 11.2. The van der Waals surface area contributed by atoms with Crippen LogP contribution in [0.5, 0.6) is 0 Å². The minimum Gasteiger partial charge on any atom is -0.311 e.